The van der Waals surface area contributed by atoms with Gasteiger partial charge in [-0.2, -0.15) is 0 Å². The van der Waals surface area contributed by atoms with Crippen LogP contribution >= 0.6 is 0 Å². The standard InChI is InChI=1S/C8H16O/c1-6-4-7(2)9-8(3)5-6/h6-8H,4-5H2,1-3H3. The highest BCUT2D eigenvalue weighted by Crippen LogP contribution is 2.23. The number of hydrogen-bond acceptors (Lipinski definition) is 1. The first-order valence-electron chi connectivity index (χ1n) is 3.84. The van der Waals surface area contributed by atoms with Crippen molar-refractivity contribution in [2.45, 2.75) is 45.8 Å². The zero-order valence-electron chi connectivity index (χ0n) is 6.55. The van der Waals surface area contributed by atoms with Crippen molar-refractivity contribution >= 4 is 0 Å². The number of rotatable bonds is 0. The highest BCUT2D eigenvalue weighted by atomic mass is 16.5. The third kappa shape index (κ3) is 1.98. The summed E-state index contributed by atoms with van der Waals surface area (Å²) in [6, 6.07) is 0. The lowest BCUT2D eigenvalue weighted by atomic mass is 9.95. The minimum absolute atomic E-state index is 0.490. The predicted octanol–water partition coefficient (Wildman–Crippen LogP) is 2.21. The summed E-state index contributed by atoms with van der Waals surface area (Å²) in [5.41, 5.74) is 0. The van der Waals surface area contributed by atoms with E-state index >= 15 is 0 Å². The van der Waals surface area contributed by atoms with Gasteiger partial charge in [0.05, 0.1) is 12.2 Å². The summed E-state index contributed by atoms with van der Waals surface area (Å²) in [4.78, 5) is 0. The van der Waals surface area contributed by atoms with Crippen LogP contribution in [0.15, 0.2) is 0 Å². The Morgan fingerprint density at radius 2 is 1.44 bits per heavy atom. The van der Waals surface area contributed by atoms with E-state index in [2.05, 4.69) is 20.8 Å². The average molecular weight is 128 g/mol. The zero-order chi connectivity index (χ0) is 6.85. The fraction of sp³-hybridized carbons (Fsp3) is 1.00. The summed E-state index contributed by atoms with van der Waals surface area (Å²) in [5.74, 6) is 0.865. The molecule has 1 heterocycles. The van der Waals surface area contributed by atoms with E-state index in [-0.39, 0.29) is 0 Å². The molecule has 0 radical (unpaired) electrons. The lowest BCUT2D eigenvalue weighted by molar-refractivity contribution is -0.0485. The third-order valence-corrected chi connectivity index (χ3v) is 1.93. The van der Waals surface area contributed by atoms with Gasteiger partial charge in [-0.05, 0) is 32.6 Å². The molecule has 2 unspecified atom stereocenters. The van der Waals surface area contributed by atoms with Gasteiger partial charge in [0.25, 0.3) is 0 Å². The summed E-state index contributed by atoms with van der Waals surface area (Å²) < 4.78 is 5.56. The van der Waals surface area contributed by atoms with E-state index in [9.17, 15) is 0 Å². The maximum Gasteiger partial charge on any atom is 0.0553 e. The van der Waals surface area contributed by atoms with Gasteiger partial charge in [0.2, 0.25) is 0 Å². The van der Waals surface area contributed by atoms with Crippen LogP contribution in [0.3, 0.4) is 0 Å². The Morgan fingerprint density at radius 3 is 1.78 bits per heavy atom. The van der Waals surface area contributed by atoms with E-state index in [1.807, 2.05) is 0 Å². The molecule has 0 bridgehead atoms. The number of hydrogen-bond donors (Lipinski definition) is 0. The molecule has 1 heteroatoms. The topological polar surface area (TPSA) is 9.23 Å². The van der Waals surface area contributed by atoms with Gasteiger partial charge in [-0.15, -0.1) is 0 Å². The average Bonchev–Trinajstić information content (AvgIpc) is 1.59. The van der Waals surface area contributed by atoms with Crippen molar-refractivity contribution in [2.75, 3.05) is 0 Å². The van der Waals surface area contributed by atoms with E-state index < -0.39 is 0 Å². The molecule has 1 aliphatic rings. The monoisotopic (exact) mass is 128 g/mol. The second kappa shape index (κ2) is 2.70. The molecule has 9 heavy (non-hydrogen) atoms. The van der Waals surface area contributed by atoms with Crippen LogP contribution in [0.1, 0.15) is 33.6 Å². The van der Waals surface area contributed by atoms with Gasteiger partial charge in [-0.3, -0.25) is 0 Å². The molecule has 0 spiro atoms. The van der Waals surface area contributed by atoms with Crippen molar-refractivity contribution in [1.82, 2.24) is 0 Å². The Morgan fingerprint density at radius 1 is 1.00 bits per heavy atom. The van der Waals surface area contributed by atoms with Gasteiger partial charge >= 0.3 is 0 Å². The van der Waals surface area contributed by atoms with Crippen molar-refractivity contribution in [2.24, 2.45) is 5.92 Å². The molecule has 0 aromatic carbocycles. The Hall–Kier alpha value is -0.0400. The molecule has 0 amide bonds. The van der Waals surface area contributed by atoms with Gasteiger partial charge in [-0.1, -0.05) is 6.92 Å². The first-order chi connectivity index (χ1) is 4.18. The second-order valence-electron chi connectivity index (χ2n) is 3.33. The molecule has 0 N–H and O–H groups in total. The first-order valence-corrected chi connectivity index (χ1v) is 3.84. The molecule has 0 aromatic heterocycles. The smallest absolute Gasteiger partial charge is 0.0553 e. The molecule has 0 aromatic rings. The summed E-state index contributed by atoms with van der Waals surface area (Å²) in [7, 11) is 0. The van der Waals surface area contributed by atoms with Crippen LogP contribution < -0.4 is 0 Å². The van der Waals surface area contributed by atoms with E-state index in [1.54, 1.807) is 0 Å². The first kappa shape index (κ1) is 7.07. The molecule has 1 nitrogen and oxygen atoms in total. The maximum atomic E-state index is 5.56. The molecule has 1 aliphatic heterocycles. The fourth-order valence-electron chi connectivity index (χ4n) is 1.74. The van der Waals surface area contributed by atoms with Crippen molar-refractivity contribution in [3.05, 3.63) is 0 Å². The molecule has 1 fully saturated rings. The molecule has 1 saturated heterocycles. The molecule has 54 valence electrons. The summed E-state index contributed by atoms with van der Waals surface area (Å²) >= 11 is 0. The van der Waals surface area contributed by atoms with Crippen LogP contribution in [0.5, 0.6) is 0 Å². The van der Waals surface area contributed by atoms with E-state index in [1.165, 1.54) is 12.8 Å². The predicted molar refractivity (Wildman–Crippen MR) is 38.4 cm³/mol. The number of ether oxygens (including phenoxy) is 1. The van der Waals surface area contributed by atoms with Crippen LogP contribution in [-0.2, 0) is 4.74 Å². The largest absolute Gasteiger partial charge is 0.376 e. The SMILES string of the molecule is CC1CC(C)OC(C)C1. The lowest BCUT2D eigenvalue weighted by Crippen LogP contribution is -2.27. The van der Waals surface area contributed by atoms with Crippen LogP contribution in [0.25, 0.3) is 0 Å². The Labute approximate surface area is 57.4 Å². The maximum absolute atomic E-state index is 5.56. The summed E-state index contributed by atoms with van der Waals surface area (Å²) in [6.07, 6.45) is 3.46. The van der Waals surface area contributed by atoms with Crippen molar-refractivity contribution in [1.29, 1.82) is 0 Å². The molecule has 0 saturated carbocycles. The Kier molecular flexibility index (Phi) is 2.12. The highest BCUT2D eigenvalue weighted by molar-refractivity contribution is 4.69. The zero-order valence-corrected chi connectivity index (χ0v) is 6.55. The van der Waals surface area contributed by atoms with E-state index in [0.717, 1.165) is 5.92 Å². The summed E-state index contributed by atoms with van der Waals surface area (Å²) in [6.45, 7) is 6.62. The second-order valence-corrected chi connectivity index (χ2v) is 3.33. The van der Waals surface area contributed by atoms with Gasteiger partial charge in [0, 0.05) is 0 Å². The van der Waals surface area contributed by atoms with Gasteiger partial charge in [0.15, 0.2) is 0 Å². The van der Waals surface area contributed by atoms with Crippen molar-refractivity contribution < 1.29 is 4.74 Å². The van der Waals surface area contributed by atoms with Gasteiger partial charge in [0.1, 0.15) is 0 Å². The molecule has 0 aliphatic carbocycles. The van der Waals surface area contributed by atoms with Crippen molar-refractivity contribution in [3.63, 3.8) is 0 Å². The van der Waals surface area contributed by atoms with Crippen LogP contribution in [0.4, 0.5) is 0 Å². The minimum atomic E-state index is 0.490. The third-order valence-electron chi connectivity index (χ3n) is 1.93. The summed E-state index contributed by atoms with van der Waals surface area (Å²) in [5, 5.41) is 0. The van der Waals surface area contributed by atoms with Crippen LogP contribution in [0.2, 0.25) is 0 Å². The Bertz CT molecular complexity index is 65.5. The lowest BCUT2D eigenvalue weighted by Gasteiger charge is -2.29. The minimum Gasteiger partial charge on any atom is -0.376 e. The van der Waals surface area contributed by atoms with Gasteiger partial charge in [-0.25, -0.2) is 0 Å². The Balaban J connectivity index is 2.34. The fourth-order valence-corrected chi connectivity index (χ4v) is 1.74. The molecule has 2 atom stereocenters. The van der Waals surface area contributed by atoms with Crippen LogP contribution in [-0.4, -0.2) is 12.2 Å². The molecule has 1 rings (SSSR count). The highest BCUT2D eigenvalue weighted by Gasteiger charge is 2.20. The van der Waals surface area contributed by atoms with Crippen molar-refractivity contribution in [3.8, 4) is 0 Å². The molecular weight excluding hydrogens is 112 g/mol. The quantitative estimate of drug-likeness (QED) is 0.486. The molecular formula is C8H16O. The van der Waals surface area contributed by atoms with Crippen LogP contribution in [0, 0.1) is 5.92 Å². The van der Waals surface area contributed by atoms with E-state index in [0.29, 0.717) is 12.2 Å². The normalized spacial score (nSPS) is 45.0. The van der Waals surface area contributed by atoms with E-state index in [4.69, 9.17) is 4.74 Å². The van der Waals surface area contributed by atoms with Gasteiger partial charge < -0.3 is 4.74 Å².